The highest BCUT2D eigenvalue weighted by atomic mass is 19.1. The van der Waals surface area contributed by atoms with Gasteiger partial charge in [0.1, 0.15) is 22.8 Å². The van der Waals surface area contributed by atoms with E-state index in [9.17, 15) is 9.18 Å². The molecule has 0 saturated carbocycles. The molecule has 30 heavy (non-hydrogen) atoms. The molecule has 4 aromatic rings. The minimum Gasteiger partial charge on any atom is -0.368 e. The average molecular weight is 404 g/mol. The summed E-state index contributed by atoms with van der Waals surface area (Å²) in [7, 11) is 0. The topological polar surface area (TPSA) is 98.7 Å². The van der Waals surface area contributed by atoms with Crippen LogP contribution in [-0.2, 0) is 0 Å². The van der Waals surface area contributed by atoms with Gasteiger partial charge in [0.05, 0.1) is 17.2 Å². The normalized spacial score (nSPS) is 12.1. The summed E-state index contributed by atoms with van der Waals surface area (Å²) in [5.41, 5.74) is 6.94. The summed E-state index contributed by atoms with van der Waals surface area (Å²) in [6, 6.07) is 14.9. The van der Waals surface area contributed by atoms with Gasteiger partial charge in [0.15, 0.2) is 0 Å². The summed E-state index contributed by atoms with van der Waals surface area (Å²) in [5, 5.41) is 3.26. The van der Waals surface area contributed by atoms with Gasteiger partial charge in [0.25, 0.3) is 5.56 Å². The van der Waals surface area contributed by atoms with Crippen LogP contribution in [0.4, 0.5) is 16.2 Å². The van der Waals surface area contributed by atoms with Gasteiger partial charge < -0.3 is 11.1 Å². The van der Waals surface area contributed by atoms with Crippen LogP contribution in [0.1, 0.15) is 30.9 Å². The van der Waals surface area contributed by atoms with E-state index in [0.717, 1.165) is 0 Å². The number of nitrogens with two attached hydrogens (primary N) is 1. The van der Waals surface area contributed by atoms with Gasteiger partial charge in [0, 0.05) is 11.8 Å². The van der Waals surface area contributed by atoms with Crippen molar-refractivity contribution >= 4 is 22.7 Å². The van der Waals surface area contributed by atoms with E-state index in [4.69, 9.17) is 5.73 Å². The number of aryl methyl sites for hydroxylation is 1. The molecule has 0 fully saturated rings. The fraction of sp³-hybridized carbons (Fsp3) is 0.182. The lowest BCUT2D eigenvalue weighted by Crippen LogP contribution is -2.28. The number of rotatable bonds is 5. The van der Waals surface area contributed by atoms with Crippen LogP contribution in [0.25, 0.3) is 16.6 Å². The zero-order valence-electron chi connectivity index (χ0n) is 16.6. The maximum Gasteiger partial charge on any atom is 0.269 e. The Hall–Kier alpha value is -3.81. The Morgan fingerprint density at radius 3 is 2.57 bits per heavy atom. The molecule has 2 aromatic heterocycles. The summed E-state index contributed by atoms with van der Waals surface area (Å²) in [4.78, 5) is 26.3. The number of hydrogen-bond donors (Lipinski definition) is 2. The van der Waals surface area contributed by atoms with Gasteiger partial charge in [-0.15, -0.1) is 0 Å². The third kappa shape index (κ3) is 3.59. The van der Waals surface area contributed by atoms with Crippen molar-refractivity contribution in [1.29, 1.82) is 0 Å². The second-order valence-electron chi connectivity index (χ2n) is 6.94. The number of aromatic nitrogens is 4. The first-order valence-corrected chi connectivity index (χ1v) is 9.62. The lowest BCUT2D eigenvalue weighted by Gasteiger charge is -2.22. The number of benzene rings is 2. The van der Waals surface area contributed by atoms with Crippen LogP contribution in [-0.4, -0.2) is 19.5 Å². The first-order valence-electron chi connectivity index (χ1n) is 9.62. The molecule has 0 spiro atoms. The molecule has 0 aliphatic carbocycles. The molecule has 1 unspecified atom stereocenters. The molecule has 2 aromatic carbocycles. The first kappa shape index (κ1) is 19.5. The third-order valence-electron chi connectivity index (χ3n) is 4.80. The van der Waals surface area contributed by atoms with Crippen LogP contribution in [0.15, 0.2) is 59.4 Å². The lowest BCUT2D eigenvalue weighted by atomic mass is 10.1. The van der Waals surface area contributed by atoms with Crippen LogP contribution in [0.3, 0.4) is 0 Å². The second-order valence-corrected chi connectivity index (χ2v) is 6.94. The van der Waals surface area contributed by atoms with Crippen molar-refractivity contribution in [3.8, 4) is 5.69 Å². The van der Waals surface area contributed by atoms with Crippen molar-refractivity contribution in [1.82, 2.24) is 19.5 Å². The maximum absolute atomic E-state index is 14.5. The summed E-state index contributed by atoms with van der Waals surface area (Å²) < 4.78 is 15.9. The number of halogens is 1. The molecular formula is C22H21FN6O. The Morgan fingerprint density at radius 1 is 1.10 bits per heavy atom. The second kappa shape index (κ2) is 7.90. The Morgan fingerprint density at radius 2 is 1.87 bits per heavy atom. The Bertz CT molecular complexity index is 1250. The van der Waals surface area contributed by atoms with Crippen LogP contribution in [0.2, 0.25) is 0 Å². The van der Waals surface area contributed by atoms with Crippen LogP contribution < -0.4 is 16.6 Å². The molecule has 0 aliphatic rings. The van der Waals surface area contributed by atoms with Gasteiger partial charge in [-0.05, 0) is 37.6 Å². The van der Waals surface area contributed by atoms with Gasteiger partial charge in [-0.2, -0.15) is 4.98 Å². The fourth-order valence-electron chi connectivity index (χ4n) is 3.46. The minimum atomic E-state index is -0.596. The maximum atomic E-state index is 14.5. The fourth-order valence-corrected chi connectivity index (χ4v) is 3.46. The van der Waals surface area contributed by atoms with Gasteiger partial charge in [0.2, 0.25) is 5.95 Å². The molecule has 0 bridgehead atoms. The van der Waals surface area contributed by atoms with Crippen molar-refractivity contribution in [2.45, 2.75) is 26.3 Å². The molecule has 3 N–H and O–H groups in total. The monoisotopic (exact) mass is 404 g/mol. The molecule has 7 nitrogen and oxygen atoms in total. The van der Waals surface area contributed by atoms with E-state index in [0.29, 0.717) is 35.0 Å². The standard InChI is InChI=1S/C22H21FN6O/c1-3-16(26-18-12-13(2)25-22(24)28-18)20-27-17-11-7-10-15(23)19(17)21(30)29(20)14-8-5-4-6-9-14/h4-12,16H,3H2,1-2H3,(H3,24,25,26,28). The number of hydrogen-bond acceptors (Lipinski definition) is 6. The van der Waals surface area contributed by atoms with Crippen molar-refractivity contribution in [2.24, 2.45) is 0 Å². The van der Waals surface area contributed by atoms with Crippen molar-refractivity contribution in [2.75, 3.05) is 11.1 Å². The van der Waals surface area contributed by atoms with Gasteiger partial charge in [-0.3, -0.25) is 9.36 Å². The molecule has 0 saturated heterocycles. The molecule has 4 rings (SSSR count). The highest BCUT2D eigenvalue weighted by molar-refractivity contribution is 5.78. The van der Waals surface area contributed by atoms with Crippen LogP contribution >= 0.6 is 0 Å². The predicted octanol–water partition coefficient (Wildman–Crippen LogP) is 3.77. The molecule has 152 valence electrons. The zero-order valence-corrected chi connectivity index (χ0v) is 16.6. The van der Waals surface area contributed by atoms with Crippen molar-refractivity contribution in [3.05, 3.63) is 82.3 Å². The zero-order chi connectivity index (χ0) is 21.3. The van der Waals surface area contributed by atoms with E-state index >= 15 is 0 Å². The van der Waals surface area contributed by atoms with E-state index in [2.05, 4.69) is 20.3 Å². The summed E-state index contributed by atoms with van der Waals surface area (Å²) in [6.07, 6.45) is 0.600. The third-order valence-corrected chi connectivity index (χ3v) is 4.80. The quantitative estimate of drug-likeness (QED) is 0.525. The molecule has 0 aliphatic heterocycles. The Labute approximate surface area is 172 Å². The molecule has 2 heterocycles. The van der Waals surface area contributed by atoms with E-state index in [1.165, 1.54) is 10.6 Å². The number of nitrogens with one attached hydrogen (secondary N) is 1. The van der Waals surface area contributed by atoms with Crippen LogP contribution in [0, 0.1) is 12.7 Å². The van der Waals surface area contributed by atoms with Gasteiger partial charge in [-0.1, -0.05) is 31.2 Å². The molecule has 8 heteroatoms. The summed E-state index contributed by atoms with van der Waals surface area (Å²) >= 11 is 0. The summed E-state index contributed by atoms with van der Waals surface area (Å²) in [6.45, 7) is 3.79. The first-order chi connectivity index (χ1) is 14.5. The minimum absolute atomic E-state index is 0.0397. The highest BCUT2D eigenvalue weighted by Crippen LogP contribution is 2.24. The number of para-hydroxylation sites is 1. The predicted molar refractivity (Wildman–Crippen MR) is 115 cm³/mol. The van der Waals surface area contributed by atoms with E-state index in [1.807, 2.05) is 32.0 Å². The number of nitrogen functional groups attached to an aromatic ring is 1. The van der Waals surface area contributed by atoms with Gasteiger partial charge >= 0.3 is 0 Å². The van der Waals surface area contributed by atoms with Crippen molar-refractivity contribution in [3.63, 3.8) is 0 Å². The smallest absolute Gasteiger partial charge is 0.269 e. The molecular weight excluding hydrogens is 383 g/mol. The molecule has 1 atom stereocenters. The van der Waals surface area contributed by atoms with Gasteiger partial charge in [-0.25, -0.2) is 14.4 Å². The number of fused-ring (bicyclic) bond motifs is 1. The SMILES string of the molecule is CCC(Nc1cc(C)nc(N)n1)c1nc2cccc(F)c2c(=O)n1-c1ccccc1. The van der Waals surface area contributed by atoms with Crippen molar-refractivity contribution < 1.29 is 4.39 Å². The highest BCUT2D eigenvalue weighted by Gasteiger charge is 2.22. The van der Waals surface area contributed by atoms with E-state index in [-0.39, 0.29) is 17.4 Å². The Kier molecular flexibility index (Phi) is 5.14. The number of anilines is 2. The molecule has 0 amide bonds. The summed E-state index contributed by atoms with van der Waals surface area (Å²) in [5.74, 6) is 0.546. The van der Waals surface area contributed by atoms with Crippen LogP contribution in [0.5, 0.6) is 0 Å². The largest absolute Gasteiger partial charge is 0.368 e. The molecule has 0 radical (unpaired) electrons. The van der Waals surface area contributed by atoms with E-state index in [1.54, 1.807) is 30.3 Å². The van der Waals surface area contributed by atoms with E-state index < -0.39 is 11.4 Å². The lowest BCUT2D eigenvalue weighted by molar-refractivity contribution is 0.630. The Balaban J connectivity index is 1.95. The number of nitrogens with zero attached hydrogens (tertiary/aromatic N) is 4. The average Bonchev–Trinajstić information content (AvgIpc) is 2.71.